The molecule has 0 saturated carbocycles. The first kappa shape index (κ1) is 32.0. The summed E-state index contributed by atoms with van der Waals surface area (Å²) in [4.78, 5) is 28.8. The number of carbonyl (C=O) groups excluding carboxylic acids is 2. The summed E-state index contributed by atoms with van der Waals surface area (Å²) < 4.78 is 34.3. The minimum absolute atomic E-state index is 0.000718. The molecule has 1 N–H and O–H groups in total. The van der Waals surface area contributed by atoms with Crippen molar-refractivity contribution in [2.24, 2.45) is 0 Å². The summed E-state index contributed by atoms with van der Waals surface area (Å²) in [5.41, 5.74) is 2.99. The van der Waals surface area contributed by atoms with Gasteiger partial charge in [0.15, 0.2) is 0 Å². The van der Waals surface area contributed by atoms with E-state index in [9.17, 15) is 18.0 Å². The Kier molecular flexibility index (Phi) is 10.8. The Balaban J connectivity index is 2.08. The van der Waals surface area contributed by atoms with Crippen LogP contribution in [0.5, 0.6) is 5.75 Å². The van der Waals surface area contributed by atoms with Gasteiger partial charge < -0.3 is 15.0 Å². The van der Waals surface area contributed by atoms with Crippen LogP contribution in [0.4, 0.5) is 5.69 Å². The number of hydrogen-bond donors (Lipinski definition) is 1. The van der Waals surface area contributed by atoms with Crippen molar-refractivity contribution >= 4 is 39.1 Å². The summed E-state index contributed by atoms with van der Waals surface area (Å²) in [6, 6.07) is 17.3. The minimum atomic E-state index is -4.17. The summed E-state index contributed by atoms with van der Waals surface area (Å²) in [6.45, 7) is 8.93. The maximum absolute atomic E-state index is 14.1. The summed E-state index contributed by atoms with van der Waals surface area (Å²) >= 11 is 6.02. The molecule has 2 amide bonds. The van der Waals surface area contributed by atoms with Crippen LogP contribution in [0, 0.1) is 13.8 Å². The van der Waals surface area contributed by atoms with Crippen LogP contribution in [0.25, 0.3) is 0 Å². The number of amides is 2. The number of nitrogens with zero attached hydrogens (tertiary/aromatic N) is 2. The van der Waals surface area contributed by atoms with Crippen LogP contribution in [-0.2, 0) is 26.2 Å². The molecule has 3 aromatic carbocycles. The molecule has 0 aliphatic carbocycles. The molecule has 8 nitrogen and oxygen atoms in total. The molecule has 10 heteroatoms. The maximum Gasteiger partial charge on any atom is 0.264 e. The number of ether oxygens (including phenoxy) is 1. The van der Waals surface area contributed by atoms with Crippen molar-refractivity contribution < 1.29 is 22.7 Å². The second-order valence-corrected chi connectivity index (χ2v) is 12.5. The first-order chi connectivity index (χ1) is 19.4. The van der Waals surface area contributed by atoms with E-state index in [-0.39, 0.29) is 23.4 Å². The number of aryl methyl sites for hydroxylation is 2. The predicted molar refractivity (Wildman–Crippen MR) is 163 cm³/mol. The average molecular weight is 600 g/mol. The zero-order chi connectivity index (χ0) is 30.3. The van der Waals surface area contributed by atoms with E-state index in [1.807, 2.05) is 52.8 Å². The highest BCUT2D eigenvalue weighted by atomic mass is 35.5. The highest BCUT2D eigenvalue weighted by Gasteiger charge is 2.34. The third-order valence-corrected chi connectivity index (χ3v) is 8.83. The fraction of sp³-hybridized carbons (Fsp3) is 0.355. The normalized spacial score (nSPS) is 12.1. The van der Waals surface area contributed by atoms with E-state index in [0.717, 1.165) is 21.0 Å². The zero-order valence-corrected chi connectivity index (χ0v) is 25.9. The van der Waals surface area contributed by atoms with Gasteiger partial charge >= 0.3 is 0 Å². The lowest BCUT2D eigenvalue weighted by molar-refractivity contribution is -0.140. The number of rotatable bonds is 12. The van der Waals surface area contributed by atoms with Crippen LogP contribution >= 0.6 is 11.6 Å². The second-order valence-electron chi connectivity index (χ2n) is 10.2. The summed E-state index contributed by atoms with van der Waals surface area (Å²) in [5, 5.41) is 3.29. The molecule has 0 aliphatic heterocycles. The Morgan fingerprint density at radius 1 is 0.951 bits per heavy atom. The number of carbonyl (C=O) groups is 2. The Hall–Kier alpha value is -3.56. The molecule has 0 aromatic heterocycles. The number of halogens is 1. The molecular weight excluding hydrogens is 562 g/mol. The van der Waals surface area contributed by atoms with E-state index in [2.05, 4.69) is 5.32 Å². The monoisotopic (exact) mass is 599 g/mol. The molecule has 0 heterocycles. The van der Waals surface area contributed by atoms with Crippen molar-refractivity contribution in [2.75, 3.05) is 18.0 Å². The SMILES string of the molecule is CC[C@@H](C(=O)NC(C)C)N(Cc1ccc(OC)cc1)C(=O)CN(c1ccc(C)c(C)c1)S(=O)(=O)c1ccc(Cl)cc1. The van der Waals surface area contributed by atoms with Gasteiger partial charge in [-0.2, -0.15) is 0 Å². The van der Waals surface area contributed by atoms with Gasteiger partial charge in [-0.15, -0.1) is 0 Å². The topological polar surface area (TPSA) is 96.0 Å². The highest BCUT2D eigenvalue weighted by Crippen LogP contribution is 2.27. The Labute approximate surface area is 248 Å². The number of benzene rings is 3. The van der Waals surface area contributed by atoms with Gasteiger partial charge in [0, 0.05) is 17.6 Å². The van der Waals surface area contributed by atoms with E-state index in [4.69, 9.17) is 16.3 Å². The van der Waals surface area contributed by atoms with E-state index in [0.29, 0.717) is 22.9 Å². The number of anilines is 1. The van der Waals surface area contributed by atoms with Crippen molar-refractivity contribution in [2.45, 2.75) is 64.6 Å². The Morgan fingerprint density at radius 3 is 2.12 bits per heavy atom. The van der Waals surface area contributed by atoms with Crippen LogP contribution in [-0.4, -0.2) is 50.9 Å². The van der Waals surface area contributed by atoms with Gasteiger partial charge in [0.1, 0.15) is 18.3 Å². The number of methoxy groups -OCH3 is 1. The standard InChI is InChI=1S/C31H38ClN3O5S/c1-7-29(31(37)33-21(2)3)34(19-24-9-14-27(40-6)15-10-24)30(36)20-35(26-13-8-22(4)23(5)18-26)41(38,39)28-16-11-25(32)12-17-28/h8-18,21,29H,7,19-20H2,1-6H3,(H,33,37)/t29-/m0/s1. The minimum Gasteiger partial charge on any atom is -0.497 e. The predicted octanol–water partition coefficient (Wildman–Crippen LogP) is 5.49. The van der Waals surface area contributed by atoms with Crippen molar-refractivity contribution in [3.63, 3.8) is 0 Å². The first-order valence-electron chi connectivity index (χ1n) is 13.5. The summed E-state index contributed by atoms with van der Waals surface area (Å²) in [7, 11) is -2.61. The van der Waals surface area contributed by atoms with Crippen LogP contribution in [0.2, 0.25) is 5.02 Å². The van der Waals surface area contributed by atoms with Crippen molar-refractivity contribution in [1.29, 1.82) is 0 Å². The van der Waals surface area contributed by atoms with Gasteiger partial charge in [0.05, 0.1) is 17.7 Å². The van der Waals surface area contributed by atoms with E-state index in [1.165, 1.54) is 29.2 Å². The van der Waals surface area contributed by atoms with Gasteiger partial charge in [0.25, 0.3) is 10.0 Å². The Bertz CT molecular complexity index is 1460. The van der Waals surface area contributed by atoms with E-state index in [1.54, 1.807) is 31.4 Å². The zero-order valence-electron chi connectivity index (χ0n) is 24.3. The number of hydrogen-bond acceptors (Lipinski definition) is 5. The number of sulfonamides is 1. The third kappa shape index (κ3) is 8.01. The molecule has 0 unspecified atom stereocenters. The number of nitrogens with one attached hydrogen (secondary N) is 1. The van der Waals surface area contributed by atoms with Gasteiger partial charge in [-0.25, -0.2) is 8.42 Å². The third-order valence-electron chi connectivity index (χ3n) is 6.79. The molecule has 0 bridgehead atoms. The fourth-order valence-electron chi connectivity index (χ4n) is 4.37. The molecule has 0 saturated heterocycles. The molecular formula is C31H38ClN3O5S. The summed E-state index contributed by atoms with van der Waals surface area (Å²) in [5.74, 6) is -0.156. The quantitative estimate of drug-likeness (QED) is 0.297. The first-order valence-corrected chi connectivity index (χ1v) is 15.3. The lowest BCUT2D eigenvalue weighted by atomic mass is 10.1. The smallest absolute Gasteiger partial charge is 0.264 e. The van der Waals surface area contributed by atoms with Crippen LogP contribution in [0.1, 0.15) is 43.9 Å². The van der Waals surface area contributed by atoms with Crippen LogP contribution < -0.4 is 14.4 Å². The maximum atomic E-state index is 14.1. The lowest BCUT2D eigenvalue weighted by Gasteiger charge is -2.33. The molecule has 220 valence electrons. The largest absolute Gasteiger partial charge is 0.497 e. The molecule has 0 radical (unpaired) electrons. The second kappa shape index (κ2) is 13.9. The molecule has 0 fully saturated rings. The molecule has 41 heavy (non-hydrogen) atoms. The van der Waals surface area contributed by atoms with Crippen LogP contribution in [0.15, 0.2) is 71.6 Å². The van der Waals surface area contributed by atoms with Crippen molar-refractivity contribution in [1.82, 2.24) is 10.2 Å². The Morgan fingerprint density at radius 2 is 1.59 bits per heavy atom. The van der Waals surface area contributed by atoms with Gasteiger partial charge in [-0.1, -0.05) is 36.7 Å². The van der Waals surface area contributed by atoms with E-state index < -0.39 is 28.5 Å². The molecule has 3 aromatic rings. The van der Waals surface area contributed by atoms with Gasteiger partial charge in [0.2, 0.25) is 11.8 Å². The average Bonchev–Trinajstić information content (AvgIpc) is 2.93. The molecule has 1 atom stereocenters. The van der Waals surface area contributed by atoms with Crippen LogP contribution in [0.3, 0.4) is 0 Å². The van der Waals surface area contributed by atoms with Crippen molar-refractivity contribution in [3.05, 3.63) is 88.4 Å². The van der Waals surface area contributed by atoms with Gasteiger partial charge in [-0.3, -0.25) is 13.9 Å². The van der Waals surface area contributed by atoms with Crippen molar-refractivity contribution in [3.8, 4) is 5.75 Å². The molecule has 0 aliphatic rings. The lowest BCUT2D eigenvalue weighted by Crippen LogP contribution is -2.53. The van der Waals surface area contributed by atoms with E-state index >= 15 is 0 Å². The molecule has 0 spiro atoms. The summed E-state index contributed by atoms with van der Waals surface area (Å²) in [6.07, 6.45) is 0.341. The highest BCUT2D eigenvalue weighted by molar-refractivity contribution is 7.92. The molecule has 3 rings (SSSR count). The fourth-order valence-corrected chi connectivity index (χ4v) is 5.90. The van der Waals surface area contributed by atoms with Gasteiger partial charge in [-0.05, 0) is 99.3 Å².